The van der Waals surface area contributed by atoms with Crippen molar-refractivity contribution in [1.82, 2.24) is 10.2 Å². The lowest BCUT2D eigenvalue weighted by Crippen LogP contribution is -2.53. The third-order valence-corrected chi connectivity index (χ3v) is 4.06. The van der Waals surface area contributed by atoms with Crippen molar-refractivity contribution in [3.8, 4) is 0 Å². The van der Waals surface area contributed by atoms with Crippen molar-refractivity contribution in [2.24, 2.45) is 0 Å². The fourth-order valence-corrected chi connectivity index (χ4v) is 2.97. The van der Waals surface area contributed by atoms with Crippen LogP contribution in [0.3, 0.4) is 0 Å². The molecule has 2 saturated heterocycles. The zero-order valence-corrected chi connectivity index (χ0v) is 10.6. The van der Waals surface area contributed by atoms with E-state index in [0.29, 0.717) is 6.04 Å². The minimum absolute atomic E-state index is 0.201. The number of piperazine rings is 1. The summed E-state index contributed by atoms with van der Waals surface area (Å²) in [6.07, 6.45) is -0.201. The number of nitrogens with one attached hydrogen (secondary N) is 1. The Morgan fingerprint density at radius 2 is 1.72 bits per heavy atom. The third-order valence-electron chi connectivity index (χ3n) is 4.06. The van der Waals surface area contributed by atoms with Crippen LogP contribution in [0.5, 0.6) is 0 Å². The molecule has 18 heavy (non-hydrogen) atoms. The molecular weight excluding hydrogens is 226 g/mol. The van der Waals surface area contributed by atoms with Gasteiger partial charge in [-0.2, -0.15) is 0 Å². The fraction of sp³-hybridized carbons (Fsp3) is 0.571. The van der Waals surface area contributed by atoms with Gasteiger partial charge in [-0.15, -0.1) is 0 Å². The molecule has 0 aliphatic carbocycles. The van der Waals surface area contributed by atoms with E-state index in [2.05, 4.69) is 45.4 Å². The zero-order valence-electron chi connectivity index (χ0n) is 10.6. The Balaban J connectivity index is 1.58. The molecule has 2 aliphatic heterocycles. The lowest BCUT2D eigenvalue weighted by atomic mass is 10.1. The van der Waals surface area contributed by atoms with Crippen LogP contribution in [0.1, 0.15) is 0 Å². The van der Waals surface area contributed by atoms with Gasteiger partial charge in [-0.1, -0.05) is 18.2 Å². The summed E-state index contributed by atoms with van der Waals surface area (Å²) in [5.41, 5.74) is 1.31. The monoisotopic (exact) mass is 247 g/mol. The summed E-state index contributed by atoms with van der Waals surface area (Å²) >= 11 is 0. The number of anilines is 1. The first-order chi connectivity index (χ1) is 8.84. The Morgan fingerprint density at radius 1 is 1.00 bits per heavy atom. The highest BCUT2D eigenvalue weighted by Gasteiger charge is 2.32. The largest absolute Gasteiger partial charge is 0.390 e. The van der Waals surface area contributed by atoms with E-state index in [0.717, 1.165) is 39.3 Å². The van der Waals surface area contributed by atoms with Gasteiger partial charge in [0.15, 0.2) is 0 Å². The quantitative estimate of drug-likeness (QED) is 0.780. The van der Waals surface area contributed by atoms with Gasteiger partial charge in [0.25, 0.3) is 0 Å². The lowest BCUT2D eigenvalue weighted by molar-refractivity contribution is 0.0792. The molecule has 2 heterocycles. The molecule has 1 aromatic carbocycles. The first-order valence-corrected chi connectivity index (χ1v) is 6.77. The van der Waals surface area contributed by atoms with Gasteiger partial charge in [0, 0.05) is 51.0 Å². The second-order valence-corrected chi connectivity index (χ2v) is 5.15. The Bertz CT molecular complexity index is 376. The van der Waals surface area contributed by atoms with E-state index in [4.69, 9.17) is 0 Å². The van der Waals surface area contributed by atoms with Crippen LogP contribution in [0.25, 0.3) is 0 Å². The van der Waals surface area contributed by atoms with E-state index in [9.17, 15) is 5.11 Å². The van der Waals surface area contributed by atoms with Gasteiger partial charge in [0.2, 0.25) is 0 Å². The third kappa shape index (κ3) is 2.36. The van der Waals surface area contributed by atoms with Crippen LogP contribution in [0.15, 0.2) is 30.3 Å². The molecule has 3 rings (SSSR count). The number of hydrogen-bond acceptors (Lipinski definition) is 4. The summed E-state index contributed by atoms with van der Waals surface area (Å²) in [7, 11) is 0. The molecule has 0 radical (unpaired) electrons. The fourth-order valence-electron chi connectivity index (χ4n) is 2.97. The molecule has 0 unspecified atom stereocenters. The molecule has 0 bridgehead atoms. The van der Waals surface area contributed by atoms with E-state index in [1.54, 1.807) is 0 Å². The van der Waals surface area contributed by atoms with E-state index >= 15 is 0 Å². The van der Waals surface area contributed by atoms with E-state index in [1.165, 1.54) is 5.69 Å². The minimum Gasteiger partial charge on any atom is -0.390 e. The van der Waals surface area contributed by atoms with Gasteiger partial charge in [-0.3, -0.25) is 4.90 Å². The van der Waals surface area contributed by atoms with Crippen LogP contribution in [0.4, 0.5) is 5.69 Å². The number of aliphatic hydroxyl groups excluding tert-OH is 1. The predicted molar refractivity (Wildman–Crippen MR) is 72.9 cm³/mol. The predicted octanol–water partition coefficient (Wildman–Crippen LogP) is 0.141. The van der Waals surface area contributed by atoms with Crippen molar-refractivity contribution in [2.45, 2.75) is 12.1 Å². The van der Waals surface area contributed by atoms with Gasteiger partial charge in [0.1, 0.15) is 0 Å². The Kier molecular flexibility index (Phi) is 3.50. The Hall–Kier alpha value is -1.10. The summed E-state index contributed by atoms with van der Waals surface area (Å²) in [5, 5.41) is 13.2. The number of aliphatic hydroxyl groups is 1. The minimum atomic E-state index is -0.201. The maximum Gasteiger partial charge on any atom is 0.0831 e. The smallest absolute Gasteiger partial charge is 0.0831 e. The average Bonchev–Trinajstić information content (AvgIpc) is 2.86. The Labute approximate surface area is 108 Å². The topological polar surface area (TPSA) is 38.7 Å². The molecule has 0 aromatic heterocycles. The van der Waals surface area contributed by atoms with Crippen molar-refractivity contribution < 1.29 is 5.11 Å². The summed E-state index contributed by atoms with van der Waals surface area (Å²) in [6, 6.07) is 10.9. The van der Waals surface area contributed by atoms with Crippen LogP contribution in [-0.4, -0.2) is 61.4 Å². The van der Waals surface area contributed by atoms with Crippen molar-refractivity contribution in [3.05, 3.63) is 30.3 Å². The van der Waals surface area contributed by atoms with Crippen LogP contribution < -0.4 is 10.2 Å². The molecule has 2 fully saturated rings. The number of rotatable bonds is 2. The number of benzene rings is 1. The van der Waals surface area contributed by atoms with Crippen LogP contribution in [0.2, 0.25) is 0 Å². The maximum absolute atomic E-state index is 9.91. The number of β-amino-alcohol motifs (C(OH)–C–C–N with tert-alkyl or cyclic N) is 1. The summed E-state index contributed by atoms with van der Waals surface area (Å²) in [6.45, 7) is 5.84. The van der Waals surface area contributed by atoms with Gasteiger partial charge in [-0.25, -0.2) is 0 Å². The van der Waals surface area contributed by atoms with Crippen LogP contribution in [0, 0.1) is 0 Å². The number of hydrogen-bond donors (Lipinski definition) is 2. The summed E-state index contributed by atoms with van der Waals surface area (Å²) in [4.78, 5) is 4.84. The number of para-hydroxylation sites is 1. The van der Waals surface area contributed by atoms with E-state index in [1.807, 2.05) is 0 Å². The molecule has 0 spiro atoms. The van der Waals surface area contributed by atoms with Gasteiger partial charge in [0.05, 0.1) is 6.10 Å². The molecule has 1 aromatic rings. The van der Waals surface area contributed by atoms with E-state index in [-0.39, 0.29) is 6.10 Å². The molecule has 4 nitrogen and oxygen atoms in total. The molecule has 0 saturated carbocycles. The molecule has 2 aliphatic rings. The summed E-state index contributed by atoms with van der Waals surface area (Å²) in [5.74, 6) is 0. The van der Waals surface area contributed by atoms with Crippen LogP contribution >= 0.6 is 0 Å². The molecule has 2 atom stereocenters. The SMILES string of the molecule is O[C@H]1CNC[C@@H]1N1CCN(c2ccccc2)CC1. The van der Waals surface area contributed by atoms with Gasteiger partial charge >= 0.3 is 0 Å². The molecular formula is C14H21N3O. The zero-order chi connectivity index (χ0) is 12.4. The van der Waals surface area contributed by atoms with Gasteiger partial charge < -0.3 is 15.3 Å². The second kappa shape index (κ2) is 5.26. The lowest BCUT2D eigenvalue weighted by Gasteiger charge is -2.39. The van der Waals surface area contributed by atoms with Crippen molar-refractivity contribution in [2.75, 3.05) is 44.2 Å². The van der Waals surface area contributed by atoms with Crippen molar-refractivity contribution >= 4 is 5.69 Å². The molecule has 98 valence electrons. The summed E-state index contributed by atoms with van der Waals surface area (Å²) < 4.78 is 0. The first kappa shape index (κ1) is 12.0. The standard InChI is InChI=1S/C14H21N3O/c18-14-11-15-10-13(14)17-8-6-16(7-9-17)12-4-2-1-3-5-12/h1-5,13-15,18H,6-11H2/t13-,14-/m0/s1. The highest BCUT2D eigenvalue weighted by molar-refractivity contribution is 5.46. The average molecular weight is 247 g/mol. The molecule has 0 amide bonds. The first-order valence-electron chi connectivity index (χ1n) is 6.77. The van der Waals surface area contributed by atoms with Crippen molar-refractivity contribution in [1.29, 1.82) is 0 Å². The van der Waals surface area contributed by atoms with E-state index < -0.39 is 0 Å². The Morgan fingerprint density at radius 3 is 2.33 bits per heavy atom. The second-order valence-electron chi connectivity index (χ2n) is 5.15. The normalized spacial score (nSPS) is 29.7. The highest BCUT2D eigenvalue weighted by atomic mass is 16.3. The van der Waals surface area contributed by atoms with Gasteiger partial charge in [-0.05, 0) is 12.1 Å². The highest BCUT2D eigenvalue weighted by Crippen LogP contribution is 2.18. The maximum atomic E-state index is 9.91. The molecule has 4 heteroatoms. The van der Waals surface area contributed by atoms with Crippen LogP contribution in [-0.2, 0) is 0 Å². The van der Waals surface area contributed by atoms with Crippen molar-refractivity contribution in [3.63, 3.8) is 0 Å². The number of nitrogens with zero attached hydrogens (tertiary/aromatic N) is 2. The molecule has 2 N–H and O–H groups in total.